The number of benzene rings is 1. The Bertz CT molecular complexity index is 648. The van der Waals surface area contributed by atoms with Crippen LogP contribution in [0.1, 0.15) is 5.76 Å². The molecule has 0 aliphatic carbocycles. The molecule has 0 aliphatic heterocycles. The van der Waals surface area contributed by atoms with Crippen LogP contribution in [0.2, 0.25) is 0 Å². The van der Waals surface area contributed by atoms with Crippen LogP contribution >= 0.6 is 11.3 Å². The summed E-state index contributed by atoms with van der Waals surface area (Å²) in [4.78, 5) is 0. The van der Waals surface area contributed by atoms with E-state index in [4.69, 9.17) is 9.15 Å². The molecule has 18 heavy (non-hydrogen) atoms. The molecule has 5 nitrogen and oxygen atoms in total. The number of hydrogen-bond acceptors (Lipinski definition) is 6. The number of fused-ring (bicyclic) bond motifs is 1. The van der Waals surface area contributed by atoms with Gasteiger partial charge in [0, 0.05) is 5.39 Å². The Morgan fingerprint density at radius 1 is 1.44 bits per heavy atom. The predicted octanol–water partition coefficient (Wildman–Crippen LogP) is 2.91. The molecule has 2 aromatic heterocycles. The average molecular weight is 261 g/mol. The predicted molar refractivity (Wildman–Crippen MR) is 70.0 cm³/mol. The fraction of sp³-hybridized carbons (Fsp3) is 0.167. The number of aromatic nitrogens is 2. The molecule has 0 saturated heterocycles. The summed E-state index contributed by atoms with van der Waals surface area (Å²) in [5, 5.41) is 12.6. The topological polar surface area (TPSA) is 60.2 Å². The van der Waals surface area contributed by atoms with E-state index in [0.717, 1.165) is 27.6 Å². The van der Waals surface area contributed by atoms with Crippen LogP contribution in [0, 0.1) is 0 Å². The fourth-order valence-corrected chi connectivity index (χ4v) is 2.19. The third kappa shape index (κ3) is 2.02. The van der Waals surface area contributed by atoms with Crippen molar-refractivity contribution in [3.05, 3.63) is 35.5 Å². The van der Waals surface area contributed by atoms with E-state index in [1.165, 1.54) is 11.3 Å². The number of para-hydroxylation sites is 1. The lowest BCUT2D eigenvalue weighted by atomic mass is 10.2. The van der Waals surface area contributed by atoms with Crippen LogP contribution in [0.25, 0.3) is 11.0 Å². The van der Waals surface area contributed by atoms with Crippen LogP contribution in [0.4, 0.5) is 5.13 Å². The fourth-order valence-electron chi connectivity index (χ4n) is 1.75. The van der Waals surface area contributed by atoms with Gasteiger partial charge in [-0.2, -0.15) is 0 Å². The van der Waals surface area contributed by atoms with E-state index in [-0.39, 0.29) is 0 Å². The van der Waals surface area contributed by atoms with Gasteiger partial charge in [0.15, 0.2) is 11.3 Å². The number of nitrogens with one attached hydrogen (secondary N) is 1. The van der Waals surface area contributed by atoms with Gasteiger partial charge in [0.2, 0.25) is 5.13 Å². The highest BCUT2D eigenvalue weighted by Gasteiger charge is 2.08. The van der Waals surface area contributed by atoms with Gasteiger partial charge in [-0.1, -0.05) is 23.5 Å². The Balaban J connectivity index is 1.85. The normalized spacial score (nSPS) is 10.7. The first-order valence-corrected chi connectivity index (χ1v) is 6.30. The zero-order chi connectivity index (χ0) is 12.4. The van der Waals surface area contributed by atoms with Gasteiger partial charge in [-0.3, -0.25) is 0 Å². The first kappa shape index (κ1) is 11.0. The highest BCUT2D eigenvalue weighted by Crippen LogP contribution is 2.28. The van der Waals surface area contributed by atoms with E-state index in [2.05, 4.69) is 15.5 Å². The van der Waals surface area contributed by atoms with E-state index in [9.17, 15) is 0 Å². The summed E-state index contributed by atoms with van der Waals surface area (Å²) in [6.45, 7) is 0.576. The van der Waals surface area contributed by atoms with Crippen LogP contribution in [-0.4, -0.2) is 17.3 Å². The van der Waals surface area contributed by atoms with Crippen LogP contribution in [0.3, 0.4) is 0 Å². The zero-order valence-electron chi connectivity index (χ0n) is 9.71. The minimum Gasteiger partial charge on any atom is -0.493 e. The minimum absolute atomic E-state index is 0.576. The van der Waals surface area contributed by atoms with Crippen LogP contribution in [0.15, 0.2) is 34.2 Å². The van der Waals surface area contributed by atoms with Crippen molar-refractivity contribution in [2.24, 2.45) is 0 Å². The quantitative estimate of drug-likeness (QED) is 0.782. The summed E-state index contributed by atoms with van der Waals surface area (Å²) in [6, 6.07) is 7.81. The maximum Gasteiger partial charge on any atom is 0.205 e. The van der Waals surface area contributed by atoms with Crippen molar-refractivity contribution >= 4 is 27.4 Å². The SMILES string of the molecule is COc1cccc2cc(CNc3nncs3)oc12. The van der Waals surface area contributed by atoms with Gasteiger partial charge in [0.25, 0.3) is 0 Å². The molecule has 0 aliphatic rings. The van der Waals surface area contributed by atoms with Gasteiger partial charge in [-0.25, -0.2) is 0 Å². The Labute approximate surface area is 107 Å². The van der Waals surface area contributed by atoms with Gasteiger partial charge >= 0.3 is 0 Å². The largest absolute Gasteiger partial charge is 0.493 e. The Hall–Kier alpha value is -2.08. The zero-order valence-corrected chi connectivity index (χ0v) is 10.5. The highest BCUT2D eigenvalue weighted by atomic mass is 32.1. The van der Waals surface area contributed by atoms with E-state index in [1.54, 1.807) is 12.6 Å². The van der Waals surface area contributed by atoms with Crippen molar-refractivity contribution in [2.75, 3.05) is 12.4 Å². The molecule has 0 bridgehead atoms. The van der Waals surface area contributed by atoms with Crippen molar-refractivity contribution in [2.45, 2.75) is 6.54 Å². The standard InChI is InChI=1S/C12H11N3O2S/c1-16-10-4-2-3-8-5-9(17-11(8)10)6-13-12-15-14-7-18-12/h2-5,7H,6H2,1H3,(H,13,15). The molecule has 0 amide bonds. The van der Waals surface area contributed by atoms with Crippen LogP contribution in [0.5, 0.6) is 5.75 Å². The summed E-state index contributed by atoms with van der Waals surface area (Å²) >= 11 is 1.46. The molecular weight excluding hydrogens is 250 g/mol. The number of anilines is 1. The summed E-state index contributed by atoms with van der Waals surface area (Å²) in [6.07, 6.45) is 0. The molecule has 1 aromatic carbocycles. The van der Waals surface area contributed by atoms with E-state index < -0.39 is 0 Å². The second-order valence-electron chi connectivity index (χ2n) is 3.69. The van der Waals surface area contributed by atoms with Crippen molar-refractivity contribution in [1.29, 1.82) is 0 Å². The van der Waals surface area contributed by atoms with Crippen molar-refractivity contribution in [3.63, 3.8) is 0 Å². The summed E-state index contributed by atoms with van der Waals surface area (Å²) in [5.41, 5.74) is 2.46. The number of methoxy groups -OCH3 is 1. The van der Waals surface area contributed by atoms with Gasteiger partial charge < -0.3 is 14.5 Å². The molecule has 0 unspecified atom stereocenters. The summed E-state index contributed by atoms with van der Waals surface area (Å²) in [5.74, 6) is 1.58. The monoisotopic (exact) mass is 261 g/mol. The molecule has 0 saturated carbocycles. The maximum atomic E-state index is 5.76. The Morgan fingerprint density at radius 3 is 3.17 bits per heavy atom. The van der Waals surface area contributed by atoms with Gasteiger partial charge in [0.1, 0.15) is 11.3 Å². The lowest BCUT2D eigenvalue weighted by Crippen LogP contribution is -1.97. The number of nitrogens with zero attached hydrogens (tertiary/aromatic N) is 2. The lowest BCUT2D eigenvalue weighted by Gasteiger charge is -1.99. The molecule has 3 aromatic rings. The first-order chi connectivity index (χ1) is 8.86. The highest BCUT2D eigenvalue weighted by molar-refractivity contribution is 7.13. The van der Waals surface area contributed by atoms with Gasteiger partial charge in [-0.15, -0.1) is 10.2 Å². The molecule has 0 atom stereocenters. The maximum absolute atomic E-state index is 5.76. The third-order valence-corrected chi connectivity index (χ3v) is 3.20. The number of rotatable bonds is 4. The number of hydrogen-bond donors (Lipinski definition) is 1. The molecule has 6 heteroatoms. The molecule has 0 radical (unpaired) electrons. The first-order valence-electron chi connectivity index (χ1n) is 5.42. The van der Waals surface area contributed by atoms with Crippen molar-refractivity contribution in [3.8, 4) is 5.75 Å². The molecule has 3 rings (SSSR count). The summed E-state index contributed by atoms with van der Waals surface area (Å²) < 4.78 is 11.0. The van der Waals surface area contributed by atoms with Crippen LogP contribution in [-0.2, 0) is 6.54 Å². The smallest absolute Gasteiger partial charge is 0.205 e. The molecular formula is C12H11N3O2S. The van der Waals surface area contributed by atoms with E-state index >= 15 is 0 Å². The van der Waals surface area contributed by atoms with E-state index in [0.29, 0.717) is 6.54 Å². The molecule has 2 heterocycles. The van der Waals surface area contributed by atoms with Gasteiger partial charge in [0.05, 0.1) is 13.7 Å². The lowest BCUT2D eigenvalue weighted by molar-refractivity contribution is 0.408. The van der Waals surface area contributed by atoms with Crippen LogP contribution < -0.4 is 10.1 Å². The molecule has 92 valence electrons. The van der Waals surface area contributed by atoms with Crippen molar-refractivity contribution in [1.82, 2.24) is 10.2 Å². The van der Waals surface area contributed by atoms with E-state index in [1.807, 2.05) is 24.3 Å². The average Bonchev–Trinajstić information content (AvgIpc) is 3.04. The number of ether oxygens (including phenoxy) is 1. The Kier molecular flexibility index (Phi) is 2.85. The van der Waals surface area contributed by atoms with Gasteiger partial charge in [-0.05, 0) is 12.1 Å². The second kappa shape index (κ2) is 4.66. The molecule has 1 N–H and O–H groups in total. The third-order valence-electron chi connectivity index (χ3n) is 2.55. The minimum atomic E-state index is 0.576. The second-order valence-corrected chi connectivity index (χ2v) is 4.52. The number of furan rings is 1. The Morgan fingerprint density at radius 2 is 2.39 bits per heavy atom. The summed E-state index contributed by atoms with van der Waals surface area (Å²) in [7, 11) is 1.64. The van der Waals surface area contributed by atoms with Crippen molar-refractivity contribution < 1.29 is 9.15 Å². The molecule has 0 spiro atoms. The molecule has 0 fully saturated rings.